The zero-order valence-corrected chi connectivity index (χ0v) is 19.5. The molecule has 0 atom stereocenters. The van der Waals surface area contributed by atoms with E-state index in [1.165, 1.54) is 6.07 Å². The lowest BCUT2D eigenvalue weighted by Gasteiger charge is -2.19. The molecule has 1 saturated carbocycles. The molecule has 3 rings (SSSR count). The van der Waals surface area contributed by atoms with Gasteiger partial charge in [0.15, 0.2) is 17.5 Å². The molecule has 0 aliphatic heterocycles. The number of aliphatic imine (C=N–C) groups is 1. The minimum Gasteiger partial charge on any atom is -0.493 e. The van der Waals surface area contributed by atoms with Gasteiger partial charge >= 0.3 is 0 Å². The number of ether oxygens (including phenoxy) is 2. The van der Waals surface area contributed by atoms with E-state index < -0.39 is 0 Å². The Morgan fingerprint density at radius 2 is 1.79 bits per heavy atom. The highest BCUT2D eigenvalue weighted by Crippen LogP contribution is 2.48. The highest BCUT2D eigenvalue weighted by molar-refractivity contribution is 14.0. The van der Waals surface area contributed by atoms with Gasteiger partial charge in [-0.25, -0.2) is 4.39 Å². The quantitative estimate of drug-likeness (QED) is 0.320. The van der Waals surface area contributed by atoms with Gasteiger partial charge in [-0.3, -0.25) is 4.99 Å². The van der Waals surface area contributed by atoms with E-state index in [2.05, 4.69) is 15.6 Å². The minimum absolute atomic E-state index is 0. The number of nitrogens with one attached hydrogen (secondary N) is 2. The predicted molar refractivity (Wildman–Crippen MR) is 125 cm³/mol. The third-order valence-corrected chi connectivity index (χ3v) is 5.27. The van der Waals surface area contributed by atoms with Crippen LogP contribution in [-0.2, 0) is 11.8 Å². The van der Waals surface area contributed by atoms with Crippen LogP contribution in [0.2, 0.25) is 0 Å². The zero-order chi connectivity index (χ0) is 20.0. The Labute approximate surface area is 189 Å². The molecule has 0 spiro atoms. The highest BCUT2D eigenvalue weighted by Gasteiger charge is 2.45. The molecule has 7 heteroatoms. The molecule has 0 radical (unpaired) electrons. The number of rotatable bonds is 8. The Kier molecular flexibility index (Phi) is 8.55. The van der Waals surface area contributed by atoms with Crippen LogP contribution in [-0.4, -0.2) is 40.3 Å². The van der Waals surface area contributed by atoms with Crippen molar-refractivity contribution in [2.45, 2.75) is 24.7 Å². The largest absolute Gasteiger partial charge is 0.493 e. The van der Waals surface area contributed by atoms with Gasteiger partial charge in [0, 0.05) is 25.6 Å². The minimum atomic E-state index is -0.127. The van der Waals surface area contributed by atoms with Crippen LogP contribution in [0.1, 0.15) is 24.0 Å². The SMILES string of the molecule is CN=C(NCCc1ccc(OC)c(OC)c1)NCC1(c2ccccc2F)CC1.I. The summed E-state index contributed by atoms with van der Waals surface area (Å²) in [4.78, 5) is 4.28. The van der Waals surface area contributed by atoms with Crippen molar-refractivity contribution in [3.63, 3.8) is 0 Å². The first kappa shape index (κ1) is 23.3. The van der Waals surface area contributed by atoms with E-state index in [1.807, 2.05) is 30.3 Å². The van der Waals surface area contributed by atoms with E-state index in [1.54, 1.807) is 27.3 Å². The predicted octanol–water partition coefficient (Wildman–Crippen LogP) is 3.90. The van der Waals surface area contributed by atoms with Gasteiger partial charge in [0.05, 0.1) is 14.2 Å². The fourth-order valence-corrected chi connectivity index (χ4v) is 3.42. The molecule has 0 aromatic heterocycles. The van der Waals surface area contributed by atoms with E-state index in [9.17, 15) is 4.39 Å². The van der Waals surface area contributed by atoms with Crippen LogP contribution >= 0.6 is 24.0 Å². The summed E-state index contributed by atoms with van der Waals surface area (Å²) in [5.74, 6) is 2.05. The Morgan fingerprint density at radius 3 is 2.41 bits per heavy atom. The molecule has 5 nitrogen and oxygen atoms in total. The molecule has 158 valence electrons. The molecule has 29 heavy (non-hydrogen) atoms. The van der Waals surface area contributed by atoms with Crippen LogP contribution in [0, 0.1) is 5.82 Å². The molecule has 0 unspecified atom stereocenters. The molecule has 0 heterocycles. The Morgan fingerprint density at radius 1 is 1.07 bits per heavy atom. The molecular weight excluding hydrogens is 484 g/mol. The summed E-state index contributed by atoms with van der Waals surface area (Å²) < 4.78 is 24.8. The second-order valence-corrected chi connectivity index (χ2v) is 7.05. The average molecular weight is 513 g/mol. The van der Waals surface area contributed by atoms with Crippen LogP contribution in [0.3, 0.4) is 0 Å². The maximum atomic E-state index is 14.1. The molecular formula is C22H29FIN3O2. The summed E-state index contributed by atoms with van der Waals surface area (Å²) in [6, 6.07) is 13.0. The zero-order valence-electron chi connectivity index (χ0n) is 17.1. The molecule has 2 aromatic carbocycles. The molecule has 2 aromatic rings. The lowest BCUT2D eigenvalue weighted by atomic mass is 9.95. The molecule has 1 fully saturated rings. The van der Waals surface area contributed by atoms with Crippen molar-refractivity contribution in [2.75, 3.05) is 34.4 Å². The first-order valence-electron chi connectivity index (χ1n) is 9.52. The second kappa shape index (κ2) is 10.7. The number of guanidine groups is 1. The third-order valence-electron chi connectivity index (χ3n) is 5.27. The summed E-state index contributed by atoms with van der Waals surface area (Å²) in [6.07, 6.45) is 2.80. The van der Waals surface area contributed by atoms with Gasteiger partial charge in [0.2, 0.25) is 0 Å². The molecule has 0 bridgehead atoms. The van der Waals surface area contributed by atoms with E-state index >= 15 is 0 Å². The van der Waals surface area contributed by atoms with Crippen molar-refractivity contribution < 1.29 is 13.9 Å². The van der Waals surface area contributed by atoms with Gasteiger partial charge in [-0.15, -0.1) is 24.0 Å². The highest BCUT2D eigenvalue weighted by atomic mass is 127. The van der Waals surface area contributed by atoms with E-state index in [-0.39, 0.29) is 35.2 Å². The van der Waals surface area contributed by atoms with Gasteiger partial charge in [0.25, 0.3) is 0 Å². The topological polar surface area (TPSA) is 54.9 Å². The van der Waals surface area contributed by atoms with Crippen molar-refractivity contribution in [1.29, 1.82) is 0 Å². The summed E-state index contributed by atoms with van der Waals surface area (Å²) in [7, 11) is 5.01. The van der Waals surface area contributed by atoms with Gasteiger partial charge in [-0.05, 0) is 48.6 Å². The monoisotopic (exact) mass is 513 g/mol. The molecule has 1 aliphatic carbocycles. The Balaban J connectivity index is 0.00000300. The lowest BCUT2D eigenvalue weighted by Crippen LogP contribution is -2.42. The van der Waals surface area contributed by atoms with Crippen LogP contribution < -0.4 is 20.1 Å². The maximum Gasteiger partial charge on any atom is 0.191 e. The Hall–Kier alpha value is -2.03. The van der Waals surface area contributed by atoms with Gasteiger partial charge in [0.1, 0.15) is 5.82 Å². The van der Waals surface area contributed by atoms with Gasteiger partial charge in [-0.1, -0.05) is 24.3 Å². The standard InChI is InChI=1S/C22H28FN3O2.HI/c1-24-21(25-13-10-16-8-9-19(27-2)20(14-16)28-3)26-15-22(11-12-22)17-6-4-5-7-18(17)23;/h4-9,14H,10-13,15H2,1-3H3,(H2,24,25,26);1H. The van der Waals surface area contributed by atoms with Crippen LogP contribution in [0.15, 0.2) is 47.5 Å². The second-order valence-electron chi connectivity index (χ2n) is 7.05. The normalized spacial score (nSPS) is 14.6. The molecule has 0 saturated heterocycles. The van der Waals surface area contributed by atoms with Gasteiger partial charge < -0.3 is 20.1 Å². The fraction of sp³-hybridized carbons (Fsp3) is 0.409. The van der Waals surface area contributed by atoms with E-state index in [0.717, 1.165) is 54.4 Å². The van der Waals surface area contributed by atoms with E-state index in [4.69, 9.17) is 9.47 Å². The number of halogens is 2. The number of benzene rings is 2. The fourth-order valence-electron chi connectivity index (χ4n) is 3.42. The summed E-state index contributed by atoms with van der Waals surface area (Å²) in [6.45, 7) is 1.39. The summed E-state index contributed by atoms with van der Waals surface area (Å²) >= 11 is 0. The molecule has 1 aliphatic rings. The number of methoxy groups -OCH3 is 2. The molecule has 2 N–H and O–H groups in total. The van der Waals surface area contributed by atoms with Crippen LogP contribution in [0.5, 0.6) is 11.5 Å². The van der Waals surface area contributed by atoms with E-state index in [0.29, 0.717) is 6.54 Å². The summed E-state index contributed by atoms with van der Waals surface area (Å²) in [5.41, 5.74) is 1.82. The number of nitrogens with zero attached hydrogens (tertiary/aromatic N) is 1. The van der Waals surface area contributed by atoms with Crippen molar-refractivity contribution in [3.8, 4) is 11.5 Å². The third kappa shape index (κ3) is 5.74. The first-order valence-corrected chi connectivity index (χ1v) is 9.52. The van der Waals surface area contributed by atoms with Crippen molar-refractivity contribution in [3.05, 3.63) is 59.4 Å². The van der Waals surface area contributed by atoms with Crippen molar-refractivity contribution in [1.82, 2.24) is 10.6 Å². The lowest BCUT2D eigenvalue weighted by molar-refractivity contribution is 0.354. The molecule has 0 amide bonds. The average Bonchev–Trinajstić information content (AvgIpc) is 3.51. The van der Waals surface area contributed by atoms with Gasteiger partial charge in [-0.2, -0.15) is 0 Å². The first-order chi connectivity index (χ1) is 13.6. The van der Waals surface area contributed by atoms with Crippen LogP contribution in [0.4, 0.5) is 4.39 Å². The van der Waals surface area contributed by atoms with Crippen LogP contribution in [0.25, 0.3) is 0 Å². The Bertz CT molecular complexity index is 841. The van der Waals surface area contributed by atoms with Crippen molar-refractivity contribution in [2.24, 2.45) is 4.99 Å². The smallest absolute Gasteiger partial charge is 0.191 e. The van der Waals surface area contributed by atoms with Crippen molar-refractivity contribution >= 4 is 29.9 Å². The maximum absolute atomic E-state index is 14.1. The number of hydrogen-bond donors (Lipinski definition) is 2. The number of hydrogen-bond acceptors (Lipinski definition) is 3. The summed E-state index contributed by atoms with van der Waals surface area (Å²) in [5, 5.41) is 6.68.